The first-order valence-electron chi connectivity index (χ1n) is 10.4. The normalized spacial score (nSPS) is 41.4. The van der Waals surface area contributed by atoms with Gasteiger partial charge in [-0.15, -0.1) is 0 Å². The van der Waals surface area contributed by atoms with Gasteiger partial charge in [-0.25, -0.2) is 0 Å². The lowest BCUT2D eigenvalue weighted by Crippen LogP contribution is -2.43. The molecule has 5 rings (SSSR count). The Labute approximate surface area is 164 Å². The average Bonchev–Trinajstić information content (AvgIpc) is 3.30. The molecule has 152 valence electrons. The maximum Gasteiger partial charge on any atom is 0.310 e. The summed E-state index contributed by atoms with van der Waals surface area (Å²) in [5.41, 5.74) is 2.37. The number of ether oxygens (including phenoxy) is 3. The molecule has 2 heterocycles. The molecule has 6 heteroatoms. The minimum absolute atomic E-state index is 0.0182. The van der Waals surface area contributed by atoms with Crippen LogP contribution in [0.15, 0.2) is 12.1 Å². The van der Waals surface area contributed by atoms with Gasteiger partial charge in [0.15, 0.2) is 11.5 Å². The summed E-state index contributed by atoms with van der Waals surface area (Å²) in [5.74, 6) is 1.75. The molecule has 1 saturated carbocycles. The third kappa shape index (κ3) is 2.57. The second kappa shape index (κ2) is 6.63. The number of carbonyl (C=O) groups is 1. The van der Waals surface area contributed by atoms with Gasteiger partial charge in [0.1, 0.15) is 0 Å². The van der Waals surface area contributed by atoms with E-state index >= 15 is 0 Å². The van der Waals surface area contributed by atoms with Crippen LogP contribution in [0.4, 0.5) is 0 Å². The zero-order valence-electron chi connectivity index (χ0n) is 16.3. The Morgan fingerprint density at radius 2 is 1.75 bits per heavy atom. The Morgan fingerprint density at radius 1 is 1.04 bits per heavy atom. The highest BCUT2D eigenvalue weighted by molar-refractivity contribution is 5.77. The van der Waals surface area contributed by atoms with Gasteiger partial charge >= 0.3 is 5.97 Å². The molecule has 0 amide bonds. The van der Waals surface area contributed by atoms with Crippen molar-refractivity contribution < 1.29 is 29.2 Å². The van der Waals surface area contributed by atoms with Gasteiger partial charge in [-0.3, -0.25) is 4.79 Å². The van der Waals surface area contributed by atoms with Crippen LogP contribution in [0.25, 0.3) is 0 Å². The van der Waals surface area contributed by atoms with Gasteiger partial charge in [0, 0.05) is 24.4 Å². The van der Waals surface area contributed by atoms with Crippen LogP contribution in [0.2, 0.25) is 0 Å². The largest absolute Gasteiger partial charge is 0.465 e. The SMILES string of the molecule is CC1CC(C2c3cc4c(cc3C(C)C3COC(=O)C32)OCO4)CC(CO)C1O. The lowest BCUT2D eigenvalue weighted by molar-refractivity contribution is -0.142. The molecule has 8 unspecified atom stereocenters. The van der Waals surface area contributed by atoms with Crippen molar-refractivity contribution in [3.63, 3.8) is 0 Å². The summed E-state index contributed by atoms with van der Waals surface area (Å²) >= 11 is 0. The number of hydrogen-bond acceptors (Lipinski definition) is 6. The number of fused-ring (bicyclic) bond motifs is 3. The highest BCUT2D eigenvalue weighted by Crippen LogP contribution is 2.57. The van der Waals surface area contributed by atoms with E-state index in [-0.39, 0.29) is 60.8 Å². The number of rotatable bonds is 2. The summed E-state index contributed by atoms with van der Waals surface area (Å²) in [5, 5.41) is 20.3. The van der Waals surface area contributed by atoms with Gasteiger partial charge in [-0.05, 0) is 53.9 Å². The molecule has 1 aromatic carbocycles. The average molecular weight is 388 g/mol. The first-order chi connectivity index (χ1) is 13.5. The van der Waals surface area contributed by atoms with Crippen molar-refractivity contribution in [3.8, 4) is 11.5 Å². The van der Waals surface area contributed by atoms with Crippen LogP contribution in [0.5, 0.6) is 11.5 Å². The summed E-state index contributed by atoms with van der Waals surface area (Å²) in [6, 6.07) is 4.14. The minimum Gasteiger partial charge on any atom is -0.465 e. The van der Waals surface area contributed by atoms with Crippen molar-refractivity contribution in [2.75, 3.05) is 20.0 Å². The van der Waals surface area contributed by atoms with Crippen LogP contribution in [0.1, 0.15) is 49.7 Å². The number of carbonyl (C=O) groups excluding carboxylic acids is 1. The van der Waals surface area contributed by atoms with Gasteiger partial charge in [0.05, 0.1) is 18.6 Å². The Balaban J connectivity index is 1.61. The lowest BCUT2D eigenvalue weighted by atomic mass is 9.57. The predicted octanol–water partition coefficient (Wildman–Crippen LogP) is 2.42. The predicted molar refractivity (Wildman–Crippen MR) is 100 cm³/mol. The molecule has 2 aliphatic heterocycles. The molecule has 28 heavy (non-hydrogen) atoms. The number of esters is 1. The molecule has 0 spiro atoms. The van der Waals surface area contributed by atoms with E-state index in [2.05, 4.69) is 19.1 Å². The van der Waals surface area contributed by atoms with Gasteiger partial charge in [-0.1, -0.05) is 13.8 Å². The minimum atomic E-state index is -0.494. The molecule has 0 aromatic heterocycles. The molecule has 2 aliphatic carbocycles. The van der Waals surface area contributed by atoms with Crippen LogP contribution in [-0.2, 0) is 9.53 Å². The fourth-order valence-electron chi connectivity index (χ4n) is 6.23. The number of aliphatic hydroxyl groups excluding tert-OH is 2. The molecule has 6 nitrogen and oxygen atoms in total. The van der Waals surface area contributed by atoms with E-state index in [0.29, 0.717) is 13.0 Å². The van der Waals surface area contributed by atoms with Gasteiger partial charge in [0.2, 0.25) is 6.79 Å². The molecule has 4 aliphatic rings. The zero-order valence-corrected chi connectivity index (χ0v) is 16.3. The quantitative estimate of drug-likeness (QED) is 0.757. The Kier molecular flexibility index (Phi) is 4.32. The zero-order chi connectivity index (χ0) is 19.6. The van der Waals surface area contributed by atoms with Crippen molar-refractivity contribution in [1.82, 2.24) is 0 Å². The van der Waals surface area contributed by atoms with E-state index in [0.717, 1.165) is 23.5 Å². The number of benzene rings is 1. The maximum atomic E-state index is 12.8. The van der Waals surface area contributed by atoms with Crippen molar-refractivity contribution in [2.24, 2.45) is 29.6 Å². The number of cyclic esters (lactones) is 1. The Morgan fingerprint density at radius 3 is 2.46 bits per heavy atom. The lowest BCUT2D eigenvalue weighted by Gasteiger charge is -2.46. The summed E-state index contributed by atoms with van der Waals surface area (Å²) in [6.45, 7) is 4.86. The van der Waals surface area contributed by atoms with Gasteiger partial charge in [-0.2, -0.15) is 0 Å². The van der Waals surface area contributed by atoms with Crippen molar-refractivity contribution >= 4 is 5.97 Å². The highest BCUT2D eigenvalue weighted by Gasteiger charge is 2.53. The van der Waals surface area contributed by atoms with E-state index in [9.17, 15) is 15.0 Å². The van der Waals surface area contributed by atoms with Crippen LogP contribution in [-0.4, -0.2) is 42.3 Å². The Hall–Kier alpha value is -1.79. The molecule has 0 radical (unpaired) electrons. The standard InChI is InChI=1S/C22H28O6/c1-10-3-12(4-13(7-23)21(10)24)19-15-6-18-17(27-9-28-18)5-14(15)11(2)16-8-26-22(25)20(16)19/h5-6,10-13,16,19-21,23-24H,3-4,7-9H2,1-2H3. The van der Waals surface area contributed by atoms with E-state index in [4.69, 9.17) is 14.2 Å². The van der Waals surface area contributed by atoms with Crippen molar-refractivity contribution in [2.45, 2.75) is 44.6 Å². The maximum absolute atomic E-state index is 12.8. The molecule has 8 atom stereocenters. The second-order valence-electron chi connectivity index (χ2n) is 9.11. The first-order valence-corrected chi connectivity index (χ1v) is 10.4. The van der Waals surface area contributed by atoms with E-state index in [1.165, 1.54) is 5.56 Å². The summed E-state index contributed by atoms with van der Waals surface area (Å²) in [6.07, 6.45) is 1.05. The van der Waals surface area contributed by atoms with E-state index in [1.54, 1.807) is 0 Å². The topological polar surface area (TPSA) is 85.2 Å². The van der Waals surface area contributed by atoms with Crippen LogP contribution < -0.4 is 9.47 Å². The fourth-order valence-corrected chi connectivity index (χ4v) is 6.23. The summed E-state index contributed by atoms with van der Waals surface area (Å²) in [7, 11) is 0. The molecule has 2 fully saturated rings. The third-order valence-electron chi connectivity index (χ3n) is 7.70. The molecule has 0 bridgehead atoms. The summed E-state index contributed by atoms with van der Waals surface area (Å²) < 4.78 is 16.8. The monoisotopic (exact) mass is 388 g/mol. The Bertz CT molecular complexity index is 791. The molecule has 2 N–H and O–H groups in total. The molecular weight excluding hydrogens is 360 g/mol. The highest BCUT2D eigenvalue weighted by atomic mass is 16.7. The van der Waals surface area contributed by atoms with Gasteiger partial charge < -0.3 is 24.4 Å². The van der Waals surface area contributed by atoms with Crippen LogP contribution in [0.3, 0.4) is 0 Å². The van der Waals surface area contributed by atoms with Crippen LogP contribution in [0, 0.1) is 29.6 Å². The fraction of sp³-hybridized carbons (Fsp3) is 0.682. The summed E-state index contributed by atoms with van der Waals surface area (Å²) in [4.78, 5) is 12.8. The van der Waals surface area contributed by atoms with E-state index < -0.39 is 6.10 Å². The molecule has 1 saturated heterocycles. The smallest absolute Gasteiger partial charge is 0.310 e. The second-order valence-corrected chi connectivity index (χ2v) is 9.11. The number of aliphatic hydroxyl groups is 2. The molecule has 1 aromatic rings. The number of hydrogen-bond donors (Lipinski definition) is 2. The van der Waals surface area contributed by atoms with Crippen LogP contribution >= 0.6 is 0 Å². The third-order valence-corrected chi connectivity index (χ3v) is 7.70. The van der Waals surface area contributed by atoms with Crippen molar-refractivity contribution in [1.29, 1.82) is 0 Å². The van der Waals surface area contributed by atoms with Gasteiger partial charge in [0.25, 0.3) is 0 Å². The molecular formula is C22H28O6. The van der Waals surface area contributed by atoms with E-state index in [1.807, 2.05) is 6.92 Å². The first kappa shape index (κ1) is 18.3. The van der Waals surface area contributed by atoms with Crippen molar-refractivity contribution in [3.05, 3.63) is 23.3 Å².